The van der Waals surface area contributed by atoms with Gasteiger partial charge < -0.3 is 15.2 Å². The van der Waals surface area contributed by atoms with Gasteiger partial charge in [0.05, 0.1) is 7.11 Å². The van der Waals surface area contributed by atoms with E-state index < -0.39 is 24.0 Å². The molecule has 5 nitrogen and oxygen atoms in total. The van der Waals surface area contributed by atoms with Gasteiger partial charge in [0.15, 0.2) is 6.10 Å². The molecule has 0 fully saturated rings. The molecule has 0 unspecified atom stereocenters. The Morgan fingerprint density at radius 3 is 2.56 bits per heavy atom. The second-order valence-electron chi connectivity index (χ2n) is 5.34. The molecule has 0 spiro atoms. The average molecular weight is 427 g/mol. The number of carbonyl (C=O) groups is 2. The number of aliphatic hydroxyl groups excluding tert-OH is 1. The van der Waals surface area contributed by atoms with Crippen LogP contribution in [0.2, 0.25) is 5.02 Å². The summed E-state index contributed by atoms with van der Waals surface area (Å²) in [7, 11) is 1.24. The van der Waals surface area contributed by atoms with Crippen LogP contribution in [0, 0.1) is 0 Å². The maximum atomic E-state index is 12.3. The molecule has 0 bridgehead atoms. The van der Waals surface area contributed by atoms with Crippen LogP contribution in [-0.2, 0) is 20.7 Å². The maximum Gasteiger partial charge on any atom is 0.328 e. The van der Waals surface area contributed by atoms with Crippen molar-refractivity contribution in [3.8, 4) is 0 Å². The van der Waals surface area contributed by atoms with Crippen LogP contribution in [0.5, 0.6) is 0 Å². The second kappa shape index (κ2) is 8.99. The summed E-state index contributed by atoms with van der Waals surface area (Å²) in [5.74, 6) is -1.29. The first-order valence-electron chi connectivity index (χ1n) is 7.47. The monoisotopic (exact) mass is 425 g/mol. The van der Waals surface area contributed by atoms with Gasteiger partial charge in [-0.1, -0.05) is 57.9 Å². The maximum absolute atomic E-state index is 12.3. The number of ether oxygens (including phenoxy) is 1. The first kappa shape index (κ1) is 19.4. The summed E-state index contributed by atoms with van der Waals surface area (Å²) in [5.41, 5.74) is 1.17. The number of esters is 1. The summed E-state index contributed by atoms with van der Waals surface area (Å²) in [5, 5.41) is 13.2. The van der Waals surface area contributed by atoms with Crippen molar-refractivity contribution in [2.24, 2.45) is 0 Å². The fourth-order valence-electron chi connectivity index (χ4n) is 2.29. The molecule has 2 atom stereocenters. The Kier molecular flexibility index (Phi) is 6.99. The Morgan fingerprint density at radius 1 is 1.24 bits per heavy atom. The number of nitrogens with one attached hydrogen (secondary N) is 1. The molecule has 0 heterocycles. The van der Waals surface area contributed by atoms with Crippen molar-refractivity contribution in [2.75, 3.05) is 7.11 Å². The van der Waals surface area contributed by atoms with Crippen LogP contribution < -0.4 is 5.32 Å². The number of carbonyl (C=O) groups excluding carboxylic acids is 2. The number of amides is 1. The van der Waals surface area contributed by atoms with E-state index in [4.69, 9.17) is 16.3 Å². The third kappa shape index (κ3) is 5.29. The molecule has 2 aromatic rings. The van der Waals surface area contributed by atoms with Gasteiger partial charge in [-0.25, -0.2) is 4.79 Å². The molecule has 0 aromatic heterocycles. The highest BCUT2D eigenvalue weighted by atomic mass is 79.9. The summed E-state index contributed by atoms with van der Waals surface area (Å²) < 4.78 is 5.51. The van der Waals surface area contributed by atoms with Gasteiger partial charge >= 0.3 is 5.97 Å². The van der Waals surface area contributed by atoms with E-state index in [1.54, 1.807) is 48.5 Å². The molecule has 0 aliphatic carbocycles. The number of hydrogen-bond donors (Lipinski definition) is 2. The Morgan fingerprint density at radius 2 is 1.92 bits per heavy atom. The lowest BCUT2D eigenvalue weighted by Gasteiger charge is -2.19. The van der Waals surface area contributed by atoms with Gasteiger partial charge in [0.2, 0.25) is 0 Å². The molecular weight excluding hydrogens is 410 g/mol. The van der Waals surface area contributed by atoms with Gasteiger partial charge in [-0.15, -0.1) is 0 Å². The van der Waals surface area contributed by atoms with Gasteiger partial charge in [-0.05, 0) is 29.3 Å². The Bertz CT molecular complexity index is 754. The number of aliphatic hydroxyl groups is 1. The van der Waals surface area contributed by atoms with E-state index in [-0.39, 0.29) is 6.42 Å². The second-order valence-corrected chi connectivity index (χ2v) is 6.63. The van der Waals surface area contributed by atoms with Gasteiger partial charge in [0.1, 0.15) is 6.04 Å². The molecule has 0 saturated carbocycles. The van der Waals surface area contributed by atoms with Crippen molar-refractivity contribution < 1.29 is 19.4 Å². The smallest absolute Gasteiger partial charge is 0.328 e. The Hall–Kier alpha value is -1.89. The van der Waals surface area contributed by atoms with Crippen molar-refractivity contribution >= 4 is 39.4 Å². The summed E-state index contributed by atoms with van der Waals surface area (Å²) in [6.45, 7) is 0. The van der Waals surface area contributed by atoms with Gasteiger partial charge in [-0.2, -0.15) is 0 Å². The topological polar surface area (TPSA) is 75.6 Å². The molecule has 25 heavy (non-hydrogen) atoms. The Balaban J connectivity index is 2.16. The van der Waals surface area contributed by atoms with E-state index in [1.807, 2.05) is 0 Å². The summed E-state index contributed by atoms with van der Waals surface area (Å²) >= 11 is 9.37. The first-order chi connectivity index (χ1) is 11.9. The number of hydrogen-bond acceptors (Lipinski definition) is 4. The quantitative estimate of drug-likeness (QED) is 0.696. The molecule has 7 heteroatoms. The molecule has 2 rings (SSSR count). The average Bonchev–Trinajstić information content (AvgIpc) is 2.63. The van der Waals surface area contributed by atoms with E-state index >= 15 is 0 Å². The lowest BCUT2D eigenvalue weighted by molar-refractivity contribution is -0.146. The highest BCUT2D eigenvalue weighted by Gasteiger charge is 2.26. The minimum atomic E-state index is -1.38. The molecule has 0 radical (unpaired) electrons. The van der Waals surface area contributed by atoms with Crippen molar-refractivity contribution in [2.45, 2.75) is 18.6 Å². The molecule has 1 amide bonds. The molecule has 0 saturated heterocycles. The van der Waals surface area contributed by atoms with Gasteiger partial charge in [0, 0.05) is 15.9 Å². The zero-order valence-corrected chi connectivity index (χ0v) is 15.8. The van der Waals surface area contributed by atoms with Crippen LogP contribution >= 0.6 is 27.5 Å². The third-order valence-electron chi connectivity index (χ3n) is 3.60. The highest BCUT2D eigenvalue weighted by molar-refractivity contribution is 9.10. The van der Waals surface area contributed by atoms with Crippen LogP contribution in [0.25, 0.3) is 0 Å². The summed E-state index contributed by atoms with van der Waals surface area (Å²) in [6, 6.07) is 12.7. The molecule has 2 N–H and O–H groups in total. The molecule has 0 aliphatic rings. The summed E-state index contributed by atoms with van der Waals surface area (Å²) in [6.07, 6.45) is -1.21. The fraction of sp³-hybridized carbons (Fsp3) is 0.222. The predicted molar refractivity (Wildman–Crippen MR) is 98.2 cm³/mol. The molecular formula is C18H17BrClNO4. The predicted octanol–water partition coefficient (Wildman–Crippen LogP) is 3.04. The Labute approximate surface area is 159 Å². The van der Waals surface area contributed by atoms with Crippen LogP contribution in [0.3, 0.4) is 0 Å². The number of benzene rings is 2. The van der Waals surface area contributed by atoms with Crippen LogP contribution in [0.15, 0.2) is 53.0 Å². The largest absolute Gasteiger partial charge is 0.467 e. The van der Waals surface area contributed by atoms with Crippen LogP contribution in [-0.4, -0.2) is 30.1 Å². The first-order valence-corrected chi connectivity index (χ1v) is 8.64. The van der Waals surface area contributed by atoms with Crippen LogP contribution in [0.1, 0.15) is 17.2 Å². The van der Waals surface area contributed by atoms with E-state index in [9.17, 15) is 14.7 Å². The molecule has 2 aromatic carbocycles. The van der Waals surface area contributed by atoms with E-state index in [2.05, 4.69) is 21.2 Å². The van der Waals surface area contributed by atoms with Crippen LogP contribution in [0.4, 0.5) is 0 Å². The van der Waals surface area contributed by atoms with Gasteiger partial charge in [0.25, 0.3) is 5.91 Å². The minimum Gasteiger partial charge on any atom is -0.467 e. The number of methoxy groups -OCH3 is 1. The number of halogens is 2. The minimum absolute atomic E-state index is 0.168. The standard InChI is InChI=1S/C18H17BrClNO4/c1-25-18(24)15(10-12-9-13(20)7-8-14(12)19)21-17(23)16(22)11-5-3-2-4-6-11/h2-9,15-16,22H,10H2,1H3,(H,21,23)/t15-,16-/m0/s1. The molecule has 132 valence electrons. The van der Waals surface area contributed by atoms with Gasteiger partial charge in [-0.3, -0.25) is 4.79 Å². The van der Waals surface area contributed by atoms with E-state index in [1.165, 1.54) is 7.11 Å². The van der Waals surface area contributed by atoms with E-state index in [0.717, 1.165) is 10.0 Å². The third-order valence-corrected chi connectivity index (χ3v) is 4.61. The van der Waals surface area contributed by atoms with Crippen molar-refractivity contribution in [3.05, 3.63) is 69.2 Å². The van der Waals surface area contributed by atoms with Crippen molar-refractivity contribution in [1.29, 1.82) is 0 Å². The van der Waals surface area contributed by atoms with Crippen molar-refractivity contribution in [3.63, 3.8) is 0 Å². The van der Waals surface area contributed by atoms with Crippen molar-refractivity contribution in [1.82, 2.24) is 5.32 Å². The SMILES string of the molecule is COC(=O)[C@H](Cc1cc(Cl)ccc1Br)NC(=O)[C@@H](O)c1ccccc1. The highest BCUT2D eigenvalue weighted by Crippen LogP contribution is 2.23. The zero-order chi connectivity index (χ0) is 18.4. The lowest BCUT2D eigenvalue weighted by atomic mass is 10.0. The molecule has 0 aliphatic heterocycles. The lowest BCUT2D eigenvalue weighted by Crippen LogP contribution is -2.45. The summed E-state index contributed by atoms with van der Waals surface area (Å²) in [4.78, 5) is 24.3. The number of rotatable bonds is 6. The fourth-order valence-corrected chi connectivity index (χ4v) is 2.90. The normalized spacial score (nSPS) is 13.0. The van der Waals surface area contributed by atoms with E-state index in [0.29, 0.717) is 10.6 Å². The zero-order valence-electron chi connectivity index (χ0n) is 13.4.